The lowest BCUT2D eigenvalue weighted by atomic mass is 10.2. The highest BCUT2D eigenvalue weighted by molar-refractivity contribution is 5.92. The molecule has 0 radical (unpaired) electrons. The number of carbonyl (C=O) groups excluding carboxylic acids is 1. The number of methoxy groups -OCH3 is 1. The van der Waals surface area contributed by atoms with Crippen LogP contribution in [0.5, 0.6) is 11.5 Å². The number of hydrogen-bond donors (Lipinski definition) is 1. The van der Waals surface area contributed by atoms with E-state index >= 15 is 0 Å². The molecule has 0 aromatic heterocycles. The molecule has 0 saturated heterocycles. The van der Waals surface area contributed by atoms with E-state index in [0.29, 0.717) is 5.69 Å². The van der Waals surface area contributed by atoms with Gasteiger partial charge in [-0.3, -0.25) is 25.0 Å². The van der Waals surface area contributed by atoms with Gasteiger partial charge in [0.15, 0.2) is 12.4 Å². The lowest BCUT2D eigenvalue weighted by molar-refractivity contribution is -0.385. The van der Waals surface area contributed by atoms with Gasteiger partial charge >= 0.3 is 5.69 Å². The number of nitrogens with one attached hydrogen (secondary N) is 1. The molecule has 0 unspecified atom stereocenters. The molecule has 1 amide bonds. The number of ether oxygens (including phenoxy) is 2. The maximum atomic E-state index is 11.8. The molecule has 2 aromatic rings. The number of nitro benzene ring substituents is 2. The Morgan fingerprint density at radius 3 is 2.32 bits per heavy atom. The van der Waals surface area contributed by atoms with Crippen LogP contribution in [-0.2, 0) is 4.79 Å². The zero-order valence-corrected chi connectivity index (χ0v) is 13.0. The number of carbonyl (C=O) groups is 1. The Bertz CT molecular complexity index is 805. The van der Waals surface area contributed by atoms with Gasteiger partial charge < -0.3 is 14.8 Å². The van der Waals surface area contributed by atoms with Gasteiger partial charge in [-0.2, -0.15) is 0 Å². The molecule has 0 fully saturated rings. The number of anilines is 1. The van der Waals surface area contributed by atoms with E-state index in [4.69, 9.17) is 9.47 Å². The molecule has 130 valence electrons. The second-order valence-electron chi connectivity index (χ2n) is 4.73. The number of rotatable bonds is 7. The summed E-state index contributed by atoms with van der Waals surface area (Å²) in [6.45, 7) is -0.468. The van der Waals surface area contributed by atoms with Crippen LogP contribution >= 0.6 is 0 Å². The summed E-state index contributed by atoms with van der Waals surface area (Å²) in [6.07, 6.45) is 0. The van der Waals surface area contributed by atoms with Crippen LogP contribution in [-0.4, -0.2) is 29.5 Å². The van der Waals surface area contributed by atoms with Gasteiger partial charge in [-0.1, -0.05) is 0 Å². The summed E-state index contributed by atoms with van der Waals surface area (Å²) in [7, 11) is 1.37. The van der Waals surface area contributed by atoms with Crippen LogP contribution in [0.4, 0.5) is 17.1 Å². The summed E-state index contributed by atoms with van der Waals surface area (Å²) in [6, 6.07) is 9.20. The van der Waals surface area contributed by atoms with Crippen molar-refractivity contribution in [2.45, 2.75) is 0 Å². The highest BCUT2D eigenvalue weighted by Crippen LogP contribution is 2.31. The third-order valence-electron chi connectivity index (χ3n) is 3.08. The molecule has 2 aromatic carbocycles. The van der Waals surface area contributed by atoms with Crippen molar-refractivity contribution < 1.29 is 24.1 Å². The quantitative estimate of drug-likeness (QED) is 0.600. The van der Waals surface area contributed by atoms with E-state index in [0.717, 1.165) is 0 Å². The minimum absolute atomic E-state index is 0.0790. The van der Waals surface area contributed by atoms with Gasteiger partial charge in [0.25, 0.3) is 11.6 Å². The highest BCUT2D eigenvalue weighted by Gasteiger charge is 2.17. The standard InChI is InChI=1S/C15H13N3O7/c1-24-12-6-7-14(13(8-12)18(22)23)25-9-15(19)16-10-2-4-11(5-3-10)17(20)21/h2-8H,9H2,1H3,(H,16,19). The molecule has 0 aliphatic heterocycles. The first-order valence-corrected chi connectivity index (χ1v) is 6.90. The molecule has 0 atom stereocenters. The first-order chi connectivity index (χ1) is 11.9. The van der Waals surface area contributed by atoms with Crippen molar-refractivity contribution in [1.82, 2.24) is 0 Å². The predicted octanol–water partition coefficient (Wildman–Crippen LogP) is 2.53. The number of amides is 1. The average molecular weight is 347 g/mol. The minimum atomic E-state index is -0.647. The topological polar surface area (TPSA) is 134 Å². The fraction of sp³-hybridized carbons (Fsp3) is 0.133. The molecule has 10 heteroatoms. The van der Waals surface area contributed by atoms with E-state index < -0.39 is 22.4 Å². The van der Waals surface area contributed by atoms with Crippen molar-refractivity contribution in [3.63, 3.8) is 0 Å². The molecule has 0 saturated carbocycles. The van der Waals surface area contributed by atoms with Crippen molar-refractivity contribution in [3.8, 4) is 11.5 Å². The fourth-order valence-electron chi connectivity index (χ4n) is 1.90. The summed E-state index contributed by atoms with van der Waals surface area (Å²) in [5.41, 5.74) is -0.103. The van der Waals surface area contributed by atoms with E-state index in [1.807, 2.05) is 0 Å². The Morgan fingerprint density at radius 2 is 1.76 bits per heavy atom. The maximum absolute atomic E-state index is 11.8. The van der Waals surface area contributed by atoms with Crippen LogP contribution in [0.25, 0.3) is 0 Å². The van der Waals surface area contributed by atoms with Gasteiger partial charge in [0.05, 0.1) is 23.0 Å². The number of non-ortho nitro benzene ring substituents is 1. The number of nitro groups is 2. The average Bonchev–Trinajstić information content (AvgIpc) is 2.60. The lowest BCUT2D eigenvalue weighted by Gasteiger charge is -2.08. The zero-order valence-electron chi connectivity index (χ0n) is 13.0. The van der Waals surface area contributed by atoms with Crippen molar-refractivity contribution in [2.24, 2.45) is 0 Å². The third kappa shape index (κ3) is 4.64. The van der Waals surface area contributed by atoms with Gasteiger partial charge in [-0.05, 0) is 24.3 Å². The number of hydrogen-bond acceptors (Lipinski definition) is 7. The molecule has 10 nitrogen and oxygen atoms in total. The first kappa shape index (κ1) is 17.7. The van der Waals surface area contributed by atoms with Crippen LogP contribution in [0, 0.1) is 20.2 Å². The van der Waals surface area contributed by atoms with Crippen LogP contribution in [0.3, 0.4) is 0 Å². The largest absolute Gasteiger partial charge is 0.496 e. The van der Waals surface area contributed by atoms with Crippen molar-refractivity contribution in [2.75, 3.05) is 19.0 Å². The molecule has 0 bridgehead atoms. The van der Waals surface area contributed by atoms with Gasteiger partial charge in [0.1, 0.15) is 5.75 Å². The molecular formula is C15H13N3O7. The fourth-order valence-corrected chi connectivity index (χ4v) is 1.90. The normalized spacial score (nSPS) is 9.96. The highest BCUT2D eigenvalue weighted by atomic mass is 16.6. The van der Waals surface area contributed by atoms with Crippen molar-refractivity contribution >= 4 is 23.0 Å². The van der Waals surface area contributed by atoms with Gasteiger partial charge in [0, 0.05) is 17.8 Å². The van der Waals surface area contributed by atoms with Gasteiger partial charge in [0.2, 0.25) is 0 Å². The Labute approximate surface area is 141 Å². The minimum Gasteiger partial charge on any atom is -0.496 e. The SMILES string of the molecule is COc1ccc(OCC(=O)Nc2ccc([N+](=O)[O-])cc2)c([N+](=O)[O-])c1. The molecule has 0 aliphatic carbocycles. The molecule has 1 N–H and O–H groups in total. The van der Waals surface area contributed by atoms with Crippen LogP contribution < -0.4 is 14.8 Å². The summed E-state index contributed by atoms with van der Waals surface area (Å²) >= 11 is 0. The van der Waals surface area contributed by atoms with E-state index in [-0.39, 0.29) is 22.9 Å². The second-order valence-corrected chi connectivity index (χ2v) is 4.73. The Kier molecular flexibility index (Phi) is 5.46. The van der Waals surface area contributed by atoms with Crippen molar-refractivity contribution in [3.05, 3.63) is 62.7 Å². The van der Waals surface area contributed by atoms with E-state index in [1.165, 1.54) is 49.6 Å². The summed E-state index contributed by atoms with van der Waals surface area (Å²) in [5, 5.41) is 24.1. The third-order valence-corrected chi connectivity index (χ3v) is 3.08. The molecule has 0 heterocycles. The molecule has 0 spiro atoms. The van der Waals surface area contributed by atoms with E-state index in [9.17, 15) is 25.0 Å². The monoisotopic (exact) mass is 347 g/mol. The van der Waals surface area contributed by atoms with Crippen LogP contribution in [0.15, 0.2) is 42.5 Å². The second kappa shape index (κ2) is 7.73. The summed E-state index contributed by atoms with van der Waals surface area (Å²) < 4.78 is 10.1. The number of nitrogens with zero attached hydrogens (tertiary/aromatic N) is 2. The Morgan fingerprint density at radius 1 is 1.08 bits per heavy atom. The van der Waals surface area contributed by atoms with Crippen molar-refractivity contribution in [1.29, 1.82) is 0 Å². The van der Waals surface area contributed by atoms with Gasteiger partial charge in [-0.15, -0.1) is 0 Å². The van der Waals surface area contributed by atoms with E-state index in [2.05, 4.69) is 5.32 Å². The molecular weight excluding hydrogens is 334 g/mol. The van der Waals surface area contributed by atoms with Crippen LogP contribution in [0.2, 0.25) is 0 Å². The number of benzene rings is 2. The van der Waals surface area contributed by atoms with E-state index in [1.54, 1.807) is 0 Å². The summed E-state index contributed by atoms with van der Waals surface area (Å²) in [4.78, 5) is 32.2. The lowest BCUT2D eigenvalue weighted by Crippen LogP contribution is -2.20. The maximum Gasteiger partial charge on any atom is 0.314 e. The first-order valence-electron chi connectivity index (χ1n) is 6.90. The predicted molar refractivity (Wildman–Crippen MR) is 86.9 cm³/mol. The Balaban J connectivity index is 2.00. The summed E-state index contributed by atoms with van der Waals surface area (Å²) in [5.74, 6) is -0.363. The van der Waals surface area contributed by atoms with Gasteiger partial charge in [-0.25, -0.2) is 0 Å². The molecule has 0 aliphatic rings. The zero-order chi connectivity index (χ0) is 18.4. The van der Waals surface area contributed by atoms with Crippen LogP contribution in [0.1, 0.15) is 0 Å². The smallest absolute Gasteiger partial charge is 0.314 e. The Hall–Kier alpha value is -3.69. The molecule has 2 rings (SSSR count). The molecule has 25 heavy (non-hydrogen) atoms.